The third kappa shape index (κ3) is 2.80. The largest absolute Gasteiger partial charge is 0.490 e. The summed E-state index contributed by atoms with van der Waals surface area (Å²) < 4.78 is 48.3. The molecule has 4 nitrogen and oxygen atoms in total. The van der Waals surface area contributed by atoms with Gasteiger partial charge < -0.3 is 9.47 Å². The van der Waals surface area contributed by atoms with E-state index in [0.29, 0.717) is 13.2 Å². The molecule has 24 heavy (non-hydrogen) atoms. The van der Waals surface area contributed by atoms with E-state index in [-0.39, 0.29) is 5.92 Å². The Balaban J connectivity index is 1.98. The van der Waals surface area contributed by atoms with Gasteiger partial charge in [-0.3, -0.25) is 5.32 Å². The summed E-state index contributed by atoms with van der Waals surface area (Å²) in [5, 5.41) is 2.86. The van der Waals surface area contributed by atoms with Crippen molar-refractivity contribution in [2.24, 2.45) is 0 Å². The number of ether oxygens (including phenoxy) is 2. The summed E-state index contributed by atoms with van der Waals surface area (Å²) in [6.07, 6.45) is -6.08. The molecule has 1 saturated heterocycles. The second-order valence-corrected chi connectivity index (χ2v) is 6.85. The zero-order valence-corrected chi connectivity index (χ0v) is 13.7. The highest BCUT2D eigenvalue weighted by molar-refractivity contribution is 5.76. The second-order valence-electron chi connectivity index (χ2n) is 6.85. The number of carbonyl (C=O) groups is 1. The maximum atomic E-state index is 12.6. The average Bonchev–Trinajstić information content (AvgIpc) is 2.82. The summed E-state index contributed by atoms with van der Waals surface area (Å²) in [4.78, 5) is 11.3. The molecule has 0 aliphatic carbocycles. The highest BCUT2D eigenvalue weighted by Gasteiger charge is 2.54. The van der Waals surface area contributed by atoms with Crippen molar-refractivity contribution in [2.45, 2.75) is 57.2 Å². The topological polar surface area (TPSA) is 47.6 Å². The first-order valence-electron chi connectivity index (χ1n) is 7.90. The van der Waals surface area contributed by atoms with E-state index in [1.54, 1.807) is 0 Å². The molecule has 0 radical (unpaired) electrons. The van der Waals surface area contributed by atoms with Gasteiger partial charge in [-0.25, -0.2) is 4.79 Å². The Labute approximate surface area is 138 Å². The molecule has 0 amide bonds. The van der Waals surface area contributed by atoms with Crippen LogP contribution < -0.4 is 5.32 Å². The Bertz CT molecular complexity index is 659. The van der Waals surface area contributed by atoms with Crippen molar-refractivity contribution < 1.29 is 27.4 Å². The number of hydrogen-bond donors (Lipinski definition) is 1. The van der Waals surface area contributed by atoms with Gasteiger partial charge in [0.05, 0.1) is 18.1 Å². The zero-order valence-electron chi connectivity index (χ0n) is 13.7. The van der Waals surface area contributed by atoms with Gasteiger partial charge in [0.25, 0.3) is 0 Å². The molecule has 0 aromatic heterocycles. The average molecular weight is 343 g/mol. The van der Waals surface area contributed by atoms with Crippen molar-refractivity contribution in [3.63, 3.8) is 0 Å². The minimum absolute atomic E-state index is 0.262. The lowest BCUT2D eigenvalue weighted by atomic mass is 9.78. The summed E-state index contributed by atoms with van der Waals surface area (Å²) in [7, 11) is 0. The molecule has 0 spiro atoms. The van der Waals surface area contributed by atoms with Crippen LogP contribution in [0.25, 0.3) is 0 Å². The number of nitrogens with one attached hydrogen (secondary N) is 1. The van der Waals surface area contributed by atoms with Crippen molar-refractivity contribution in [1.29, 1.82) is 0 Å². The molecule has 0 bridgehead atoms. The zero-order chi connectivity index (χ0) is 17.7. The number of carbonyl (C=O) groups excluding carboxylic acids is 1. The van der Waals surface area contributed by atoms with Crippen LogP contribution in [0.2, 0.25) is 0 Å². The molecule has 1 aromatic carbocycles. The van der Waals surface area contributed by atoms with Crippen LogP contribution in [-0.2, 0) is 20.9 Å². The van der Waals surface area contributed by atoms with Crippen LogP contribution in [-0.4, -0.2) is 30.5 Å². The van der Waals surface area contributed by atoms with E-state index < -0.39 is 29.9 Å². The van der Waals surface area contributed by atoms with Gasteiger partial charge in [-0.1, -0.05) is 32.0 Å². The molecule has 1 aromatic rings. The van der Waals surface area contributed by atoms with E-state index in [4.69, 9.17) is 9.47 Å². The maximum absolute atomic E-state index is 12.6. The fourth-order valence-electron chi connectivity index (χ4n) is 3.64. The van der Waals surface area contributed by atoms with Crippen LogP contribution in [0.15, 0.2) is 18.2 Å². The van der Waals surface area contributed by atoms with Gasteiger partial charge in [-0.05, 0) is 29.5 Å². The number of hydrogen-bond acceptors (Lipinski definition) is 4. The number of fused-ring (bicyclic) bond motifs is 3. The molecule has 2 aliphatic heterocycles. The molecule has 0 saturated carbocycles. The predicted octanol–water partition coefficient (Wildman–Crippen LogP) is 3.22. The molecule has 3 unspecified atom stereocenters. The van der Waals surface area contributed by atoms with E-state index >= 15 is 0 Å². The van der Waals surface area contributed by atoms with Crippen molar-refractivity contribution in [1.82, 2.24) is 5.32 Å². The number of alkyl halides is 3. The Morgan fingerprint density at radius 3 is 2.75 bits per heavy atom. The number of benzene rings is 1. The van der Waals surface area contributed by atoms with Gasteiger partial charge in [0.1, 0.15) is 0 Å². The number of esters is 1. The first-order chi connectivity index (χ1) is 11.1. The number of rotatable bonds is 2. The van der Waals surface area contributed by atoms with Crippen LogP contribution in [0.5, 0.6) is 0 Å². The van der Waals surface area contributed by atoms with Crippen molar-refractivity contribution in [3.05, 3.63) is 34.9 Å². The summed E-state index contributed by atoms with van der Waals surface area (Å²) in [6, 6.07) is 5.77. The molecule has 2 heterocycles. The van der Waals surface area contributed by atoms with E-state index in [1.807, 2.05) is 25.1 Å². The molecule has 3 atom stereocenters. The smallest absolute Gasteiger partial charge is 0.439 e. The standard InChI is InChI=1S/C17H20F3NO3/c1-9(2)10-5-4-6-11-12(10)7-23-16(3)8-21-14(13(11)16)24-15(22)17(18,19)20/h4-6,9,13-14,21H,7-8H2,1-3H3. The normalized spacial score (nSPS) is 29.3. The third-order valence-corrected chi connectivity index (χ3v) is 4.83. The monoisotopic (exact) mass is 343 g/mol. The van der Waals surface area contributed by atoms with Crippen LogP contribution in [0.3, 0.4) is 0 Å². The Morgan fingerprint density at radius 1 is 1.42 bits per heavy atom. The molecule has 1 fully saturated rings. The Kier molecular flexibility index (Phi) is 4.12. The fraction of sp³-hybridized carbons (Fsp3) is 0.588. The van der Waals surface area contributed by atoms with E-state index in [9.17, 15) is 18.0 Å². The summed E-state index contributed by atoms with van der Waals surface area (Å²) in [5.41, 5.74) is 2.26. The molecule has 7 heteroatoms. The minimum Gasteiger partial charge on any atom is -0.439 e. The minimum atomic E-state index is -5.02. The molecular formula is C17H20F3NO3. The first-order valence-corrected chi connectivity index (χ1v) is 7.90. The van der Waals surface area contributed by atoms with E-state index in [0.717, 1.165) is 16.7 Å². The van der Waals surface area contributed by atoms with E-state index in [1.165, 1.54) is 0 Å². The third-order valence-electron chi connectivity index (χ3n) is 4.83. The lowest BCUT2D eigenvalue weighted by Crippen LogP contribution is -2.43. The molecule has 3 rings (SSSR count). The van der Waals surface area contributed by atoms with E-state index in [2.05, 4.69) is 19.2 Å². The van der Waals surface area contributed by atoms with Crippen LogP contribution in [0.1, 0.15) is 49.3 Å². The Morgan fingerprint density at radius 2 is 2.12 bits per heavy atom. The molecular weight excluding hydrogens is 323 g/mol. The van der Waals surface area contributed by atoms with Gasteiger partial charge in [0, 0.05) is 6.54 Å². The molecule has 1 N–H and O–H groups in total. The van der Waals surface area contributed by atoms with Crippen molar-refractivity contribution >= 4 is 5.97 Å². The lowest BCUT2D eigenvalue weighted by molar-refractivity contribution is -0.207. The highest BCUT2D eigenvalue weighted by atomic mass is 19.4. The fourth-order valence-corrected chi connectivity index (χ4v) is 3.64. The van der Waals surface area contributed by atoms with Crippen molar-refractivity contribution in [2.75, 3.05) is 6.54 Å². The summed E-state index contributed by atoms with van der Waals surface area (Å²) >= 11 is 0. The number of halogens is 3. The SMILES string of the molecule is CC(C)c1cccc2c1COC1(C)CNC(OC(=O)C(F)(F)F)C21. The predicted molar refractivity (Wildman–Crippen MR) is 80.4 cm³/mol. The van der Waals surface area contributed by atoms with Gasteiger partial charge in [0.15, 0.2) is 6.23 Å². The first kappa shape index (κ1) is 17.2. The van der Waals surface area contributed by atoms with Gasteiger partial charge in [-0.15, -0.1) is 0 Å². The second kappa shape index (κ2) is 5.74. The van der Waals surface area contributed by atoms with Gasteiger partial charge >= 0.3 is 12.1 Å². The maximum Gasteiger partial charge on any atom is 0.490 e. The molecule has 2 aliphatic rings. The van der Waals surface area contributed by atoms with Crippen LogP contribution in [0.4, 0.5) is 13.2 Å². The van der Waals surface area contributed by atoms with Crippen LogP contribution in [0, 0.1) is 0 Å². The quantitative estimate of drug-likeness (QED) is 0.838. The molecule has 132 valence electrons. The van der Waals surface area contributed by atoms with Crippen LogP contribution >= 0.6 is 0 Å². The summed E-state index contributed by atoms with van der Waals surface area (Å²) in [6.45, 7) is 6.66. The van der Waals surface area contributed by atoms with Crippen molar-refractivity contribution in [3.8, 4) is 0 Å². The van der Waals surface area contributed by atoms with Gasteiger partial charge in [-0.2, -0.15) is 13.2 Å². The van der Waals surface area contributed by atoms with Gasteiger partial charge in [0.2, 0.25) is 0 Å². The summed E-state index contributed by atoms with van der Waals surface area (Å²) in [5.74, 6) is -2.40. The lowest BCUT2D eigenvalue weighted by Gasteiger charge is -2.39. The Hall–Kier alpha value is -1.60. The highest BCUT2D eigenvalue weighted by Crippen LogP contribution is 2.46.